The standard InChI is InChI=1S/C15H15N3O4S/c1-8(23-15-18-17-14(22-15)9-2-3-9)13(19)16-10-4-5-11-12(6-10)21-7-20-11/h4-6,8-9H,2-3,7H2,1H3,(H,16,19). The van der Waals surface area contributed by atoms with Gasteiger partial charge in [0.25, 0.3) is 5.22 Å². The molecule has 1 amide bonds. The summed E-state index contributed by atoms with van der Waals surface area (Å²) in [7, 11) is 0. The molecule has 0 radical (unpaired) electrons. The van der Waals surface area contributed by atoms with Crippen molar-refractivity contribution in [1.29, 1.82) is 0 Å². The van der Waals surface area contributed by atoms with E-state index in [2.05, 4.69) is 15.5 Å². The molecule has 0 spiro atoms. The van der Waals surface area contributed by atoms with E-state index in [-0.39, 0.29) is 18.0 Å². The Hall–Kier alpha value is -2.22. The summed E-state index contributed by atoms with van der Waals surface area (Å²) in [6.45, 7) is 2.01. The van der Waals surface area contributed by atoms with Crippen LogP contribution in [0.15, 0.2) is 27.8 Å². The van der Waals surface area contributed by atoms with Gasteiger partial charge in [0.1, 0.15) is 0 Å². The van der Waals surface area contributed by atoms with Crippen LogP contribution in [0, 0.1) is 0 Å². The van der Waals surface area contributed by atoms with Gasteiger partial charge >= 0.3 is 0 Å². The summed E-state index contributed by atoms with van der Waals surface area (Å²) in [4.78, 5) is 12.3. The maximum Gasteiger partial charge on any atom is 0.277 e. The molecule has 8 heteroatoms. The molecule has 0 saturated heterocycles. The lowest BCUT2D eigenvalue weighted by molar-refractivity contribution is -0.115. The maximum absolute atomic E-state index is 12.3. The molecular formula is C15H15N3O4S. The molecule has 1 aromatic heterocycles. The third kappa shape index (κ3) is 3.12. The molecule has 1 aliphatic heterocycles. The second kappa shape index (κ2) is 5.77. The number of nitrogens with zero attached hydrogens (tertiary/aromatic N) is 2. The van der Waals surface area contributed by atoms with Crippen molar-refractivity contribution in [2.24, 2.45) is 0 Å². The number of aromatic nitrogens is 2. The van der Waals surface area contributed by atoms with Gasteiger partial charge in [0, 0.05) is 17.7 Å². The van der Waals surface area contributed by atoms with Crippen molar-refractivity contribution < 1.29 is 18.7 Å². The largest absolute Gasteiger partial charge is 0.454 e. The van der Waals surface area contributed by atoms with Crippen molar-refractivity contribution in [2.45, 2.75) is 36.2 Å². The monoisotopic (exact) mass is 333 g/mol. The predicted octanol–water partition coefficient (Wildman–Crippen LogP) is 2.80. The van der Waals surface area contributed by atoms with Crippen LogP contribution in [-0.4, -0.2) is 28.1 Å². The second-order valence-corrected chi connectivity index (χ2v) is 6.79. The molecule has 2 aromatic rings. The van der Waals surface area contributed by atoms with E-state index in [0.717, 1.165) is 12.8 Å². The Kier molecular flexibility index (Phi) is 3.60. The lowest BCUT2D eigenvalue weighted by atomic mass is 10.2. The first-order valence-electron chi connectivity index (χ1n) is 7.39. The molecule has 7 nitrogen and oxygen atoms in total. The molecule has 4 rings (SSSR count). The summed E-state index contributed by atoms with van der Waals surface area (Å²) in [5, 5.41) is 10.9. The third-order valence-corrected chi connectivity index (χ3v) is 4.57. The Morgan fingerprint density at radius 1 is 1.30 bits per heavy atom. The zero-order valence-corrected chi connectivity index (χ0v) is 13.3. The van der Waals surface area contributed by atoms with Crippen LogP contribution < -0.4 is 14.8 Å². The molecule has 1 atom stereocenters. The molecule has 1 saturated carbocycles. The van der Waals surface area contributed by atoms with Gasteiger partial charge in [-0.2, -0.15) is 0 Å². The summed E-state index contributed by atoms with van der Waals surface area (Å²) in [5.74, 6) is 2.27. The lowest BCUT2D eigenvalue weighted by Gasteiger charge is -2.10. The zero-order chi connectivity index (χ0) is 15.8. The van der Waals surface area contributed by atoms with Crippen LogP contribution in [0.1, 0.15) is 31.6 Å². The fourth-order valence-corrected chi connectivity index (χ4v) is 2.88. The van der Waals surface area contributed by atoms with E-state index < -0.39 is 0 Å². The number of carbonyl (C=O) groups excluding carboxylic acids is 1. The molecule has 120 valence electrons. The summed E-state index contributed by atoms with van der Waals surface area (Å²) in [6.07, 6.45) is 2.21. The zero-order valence-electron chi connectivity index (χ0n) is 12.4. The topological polar surface area (TPSA) is 86.5 Å². The highest BCUT2D eigenvalue weighted by molar-refractivity contribution is 8.00. The number of anilines is 1. The number of benzene rings is 1. The van der Waals surface area contributed by atoms with Gasteiger partial charge in [-0.15, -0.1) is 10.2 Å². The number of thioether (sulfide) groups is 1. The van der Waals surface area contributed by atoms with Gasteiger partial charge in [-0.25, -0.2) is 0 Å². The molecule has 1 N–H and O–H groups in total. The van der Waals surface area contributed by atoms with Crippen LogP contribution in [-0.2, 0) is 4.79 Å². The fourth-order valence-electron chi connectivity index (χ4n) is 2.19. The lowest BCUT2D eigenvalue weighted by Crippen LogP contribution is -2.22. The fraction of sp³-hybridized carbons (Fsp3) is 0.400. The molecule has 0 bridgehead atoms. The number of amides is 1. The van der Waals surface area contributed by atoms with Gasteiger partial charge in [-0.1, -0.05) is 11.8 Å². The normalized spacial score (nSPS) is 17.1. The molecule has 1 aromatic carbocycles. The minimum atomic E-state index is -0.354. The molecule has 1 fully saturated rings. The highest BCUT2D eigenvalue weighted by atomic mass is 32.2. The second-order valence-electron chi connectivity index (χ2n) is 5.50. The van der Waals surface area contributed by atoms with E-state index >= 15 is 0 Å². The summed E-state index contributed by atoms with van der Waals surface area (Å²) in [6, 6.07) is 5.30. The smallest absolute Gasteiger partial charge is 0.277 e. The van der Waals surface area contributed by atoms with Crippen LogP contribution in [0.2, 0.25) is 0 Å². The molecular weight excluding hydrogens is 318 g/mol. The van der Waals surface area contributed by atoms with Gasteiger partial charge in [0.15, 0.2) is 11.5 Å². The van der Waals surface area contributed by atoms with Gasteiger partial charge in [-0.3, -0.25) is 4.79 Å². The van der Waals surface area contributed by atoms with Crippen LogP contribution >= 0.6 is 11.8 Å². The number of carbonyl (C=O) groups is 1. The summed E-state index contributed by atoms with van der Waals surface area (Å²) in [5.41, 5.74) is 0.663. The third-order valence-electron chi connectivity index (χ3n) is 3.64. The molecule has 1 aliphatic carbocycles. The quantitative estimate of drug-likeness (QED) is 0.842. The highest BCUT2D eigenvalue weighted by Gasteiger charge is 2.30. The van der Waals surface area contributed by atoms with E-state index in [9.17, 15) is 4.79 Å². The number of hydrogen-bond acceptors (Lipinski definition) is 7. The highest BCUT2D eigenvalue weighted by Crippen LogP contribution is 2.40. The van der Waals surface area contributed by atoms with Crippen LogP contribution in [0.5, 0.6) is 11.5 Å². The average molecular weight is 333 g/mol. The number of ether oxygens (including phenoxy) is 2. The molecule has 2 heterocycles. The van der Waals surface area contributed by atoms with E-state index in [1.165, 1.54) is 11.8 Å². The maximum atomic E-state index is 12.3. The minimum Gasteiger partial charge on any atom is -0.454 e. The van der Waals surface area contributed by atoms with Gasteiger partial charge in [-0.05, 0) is 31.9 Å². The average Bonchev–Trinajstić information content (AvgIpc) is 3.11. The summed E-state index contributed by atoms with van der Waals surface area (Å²) < 4.78 is 16.1. The van der Waals surface area contributed by atoms with Crippen molar-refractivity contribution in [3.63, 3.8) is 0 Å². The molecule has 23 heavy (non-hydrogen) atoms. The Labute approximate surface area is 136 Å². The SMILES string of the molecule is CC(Sc1nnc(C2CC2)o1)C(=O)Nc1ccc2c(c1)OCO2. The van der Waals surface area contributed by atoms with Gasteiger partial charge in [0.2, 0.25) is 18.6 Å². The first-order chi connectivity index (χ1) is 11.2. The van der Waals surface area contributed by atoms with Crippen molar-refractivity contribution in [2.75, 3.05) is 12.1 Å². The first-order valence-corrected chi connectivity index (χ1v) is 8.27. The van der Waals surface area contributed by atoms with Crippen LogP contribution in [0.4, 0.5) is 5.69 Å². The first kappa shape index (κ1) is 14.4. The molecule has 2 aliphatic rings. The van der Waals surface area contributed by atoms with Crippen molar-refractivity contribution in [3.8, 4) is 11.5 Å². The van der Waals surface area contributed by atoms with Crippen molar-refractivity contribution in [3.05, 3.63) is 24.1 Å². The van der Waals surface area contributed by atoms with Crippen molar-refractivity contribution in [1.82, 2.24) is 10.2 Å². The van der Waals surface area contributed by atoms with Gasteiger partial charge < -0.3 is 19.2 Å². The van der Waals surface area contributed by atoms with E-state index in [0.29, 0.717) is 34.2 Å². The van der Waals surface area contributed by atoms with E-state index in [1.807, 2.05) is 0 Å². The Morgan fingerprint density at radius 2 is 2.13 bits per heavy atom. The Morgan fingerprint density at radius 3 is 2.96 bits per heavy atom. The number of rotatable bonds is 5. The van der Waals surface area contributed by atoms with Crippen molar-refractivity contribution >= 4 is 23.4 Å². The van der Waals surface area contributed by atoms with Crippen LogP contribution in [0.25, 0.3) is 0 Å². The summed E-state index contributed by atoms with van der Waals surface area (Å²) >= 11 is 1.25. The van der Waals surface area contributed by atoms with E-state index in [4.69, 9.17) is 13.9 Å². The van der Waals surface area contributed by atoms with E-state index in [1.54, 1.807) is 25.1 Å². The number of hydrogen-bond donors (Lipinski definition) is 1. The van der Waals surface area contributed by atoms with Crippen LogP contribution in [0.3, 0.4) is 0 Å². The number of fused-ring (bicyclic) bond motifs is 1. The number of nitrogens with one attached hydrogen (secondary N) is 1. The van der Waals surface area contributed by atoms with Gasteiger partial charge in [0.05, 0.1) is 5.25 Å². The predicted molar refractivity (Wildman–Crippen MR) is 82.8 cm³/mol. The minimum absolute atomic E-state index is 0.139. The Balaban J connectivity index is 1.37. The Bertz CT molecular complexity index is 744. The molecule has 1 unspecified atom stereocenters.